The summed E-state index contributed by atoms with van der Waals surface area (Å²) in [6, 6.07) is 0. The van der Waals surface area contributed by atoms with Crippen LogP contribution in [-0.2, 0) is 23.3 Å². The molecule has 2 heterocycles. The Kier molecular flexibility index (Phi) is 3.70. The maximum atomic E-state index is 12.1. The molecule has 1 aromatic heterocycles. The summed E-state index contributed by atoms with van der Waals surface area (Å²) in [5.41, 5.74) is 2.51. The number of fused-ring (bicyclic) bond motifs is 1. The fraction of sp³-hybridized carbons (Fsp3) is 0.733. The predicted molar refractivity (Wildman–Crippen MR) is 75.8 cm³/mol. The van der Waals surface area contributed by atoms with Crippen molar-refractivity contribution in [2.24, 2.45) is 5.92 Å². The second-order valence-corrected chi connectivity index (χ2v) is 6.86. The molecule has 0 aliphatic carbocycles. The number of rotatable bonds is 2. The van der Waals surface area contributed by atoms with Crippen LogP contribution in [-0.4, -0.2) is 27.1 Å². The second-order valence-electron chi connectivity index (χ2n) is 6.86. The van der Waals surface area contributed by atoms with Gasteiger partial charge in [-0.1, -0.05) is 13.8 Å². The third-order valence-corrected chi connectivity index (χ3v) is 3.51. The lowest BCUT2D eigenvalue weighted by molar-refractivity contribution is -0.132. The molecule has 0 aromatic carbocycles. The molecule has 4 nitrogen and oxygen atoms in total. The van der Waals surface area contributed by atoms with Gasteiger partial charge in [0.2, 0.25) is 5.91 Å². The highest BCUT2D eigenvalue weighted by atomic mass is 16.2. The lowest BCUT2D eigenvalue weighted by atomic mass is 10.0. The van der Waals surface area contributed by atoms with Gasteiger partial charge in [-0.3, -0.25) is 9.48 Å². The van der Waals surface area contributed by atoms with E-state index in [1.807, 2.05) is 11.1 Å². The van der Waals surface area contributed by atoms with Crippen molar-refractivity contribution in [2.75, 3.05) is 6.54 Å². The molecule has 1 aromatic rings. The molecule has 0 atom stereocenters. The zero-order chi connectivity index (χ0) is 14.2. The molecule has 19 heavy (non-hydrogen) atoms. The minimum atomic E-state index is 0.0116. The molecule has 1 aliphatic heterocycles. The molecule has 0 saturated carbocycles. The van der Waals surface area contributed by atoms with Crippen LogP contribution in [0.4, 0.5) is 0 Å². The smallest absolute Gasteiger partial charge is 0.223 e. The number of carbonyl (C=O) groups excluding carboxylic acids is 1. The lowest BCUT2D eigenvalue weighted by Gasteiger charge is -2.30. The minimum absolute atomic E-state index is 0.0116. The third kappa shape index (κ3) is 2.99. The summed E-state index contributed by atoms with van der Waals surface area (Å²) in [6.07, 6.45) is 3.48. The van der Waals surface area contributed by atoms with Gasteiger partial charge in [-0.05, 0) is 26.7 Å². The van der Waals surface area contributed by atoms with Crippen molar-refractivity contribution >= 4 is 5.91 Å². The molecule has 4 heteroatoms. The summed E-state index contributed by atoms with van der Waals surface area (Å²) in [4.78, 5) is 14.1. The predicted octanol–water partition coefficient (Wildman–Crippen LogP) is 2.57. The van der Waals surface area contributed by atoms with E-state index in [-0.39, 0.29) is 11.4 Å². The van der Waals surface area contributed by atoms with E-state index in [2.05, 4.69) is 44.4 Å². The first-order valence-corrected chi connectivity index (χ1v) is 7.13. The van der Waals surface area contributed by atoms with Crippen LogP contribution in [0.5, 0.6) is 0 Å². The maximum Gasteiger partial charge on any atom is 0.223 e. The number of hydrogen-bond acceptors (Lipinski definition) is 2. The largest absolute Gasteiger partial charge is 0.338 e. The van der Waals surface area contributed by atoms with Crippen molar-refractivity contribution in [1.29, 1.82) is 0 Å². The molecule has 0 fully saturated rings. The van der Waals surface area contributed by atoms with Crippen molar-refractivity contribution in [3.05, 3.63) is 17.5 Å². The van der Waals surface area contributed by atoms with Gasteiger partial charge in [0.05, 0.1) is 11.7 Å². The highest BCUT2D eigenvalue weighted by Gasteiger charge is 2.27. The summed E-state index contributed by atoms with van der Waals surface area (Å²) in [7, 11) is 0. The lowest BCUT2D eigenvalue weighted by Crippen LogP contribution is -2.38. The highest BCUT2D eigenvalue weighted by Crippen LogP contribution is 2.24. The first-order chi connectivity index (χ1) is 8.79. The molecule has 1 amide bonds. The molecule has 0 N–H and O–H groups in total. The molecule has 1 aliphatic rings. The van der Waals surface area contributed by atoms with Crippen molar-refractivity contribution in [3.8, 4) is 0 Å². The number of hydrogen-bond donors (Lipinski definition) is 0. The van der Waals surface area contributed by atoms with E-state index < -0.39 is 0 Å². The van der Waals surface area contributed by atoms with Crippen molar-refractivity contribution in [2.45, 2.75) is 59.5 Å². The minimum Gasteiger partial charge on any atom is -0.338 e. The van der Waals surface area contributed by atoms with Gasteiger partial charge in [0.25, 0.3) is 0 Å². The van der Waals surface area contributed by atoms with Crippen LogP contribution in [0.1, 0.15) is 52.3 Å². The topological polar surface area (TPSA) is 38.1 Å². The van der Waals surface area contributed by atoms with Crippen LogP contribution in [0, 0.1) is 5.92 Å². The Labute approximate surface area is 115 Å². The molecule has 0 bridgehead atoms. The molecular weight excluding hydrogens is 238 g/mol. The Morgan fingerprint density at radius 3 is 2.68 bits per heavy atom. The summed E-state index contributed by atoms with van der Waals surface area (Å²) >= 11 is 0. The van der Waals surface area contributed by atoms with Crippen molar-refractivity contribution in [1.82, 2.24) is 14.7 Å². The summed E-state index contributed by atoms with van der Waals surface area (Å²) in [5.74, 6) is 0.690. The van der Waals surface area contributed by atoms with Gasteiger partial charge in [-0.25, -0.2) is 0 Å². The quantitative estimate of drug-likeness (QED) is 0.822. The first kappa shape index (κ1) is 14.1. The van der Waals surface area contributed by atoms with Crippen LogP contribution in [0.2, 0.25) is 0 Å². The van der Waals surface area contributed by atoms with Gasteiger partial charge in [0.1, 0.15) is 0 Å². The second kappa shape index (κ2) is 4.99. The molecule has 0 radical (unpaired) electrons. The van der Waals surface area contributed by atoms with Crippen molar-refractivity contribution < 1.29 is 4.79 Å². The highest BCUT2D eigenvalue weighted by molar-refractivity contribution is 5.76. The Hall–Kier alpha value is -1.32. The van der Waals surface area contributed by atoms with Gasteiger partial charge < -0.3 is 4.90 Å². The molecular formula is C15H25N3O. The zero-order valence-electron chi connectivity index (χ0n) is 12.7. The van der Waals surface area contributed by atoms with E-state index >= 15 is 0 Å². The van der Waals surface area contributed by atoms with Gasteiger partial charge in [0.15, 0.2) is 0 Å². The van der Waals surface area contributed by atoms with E-state index in [9.17, 15) is 4.79 Å². The summed E-state index contributed by atoms with van der Waals surface area (Å²) < 4.78 is 2.10. The number of carbonyl (C=O) groups is 1. The van der Waals surface area contributed by atoms with Gasteiger partial charge in [-0.15, -0.1) is 0 Å². The van der Waals surface area contributed by atoms with Crippen molar-refractivity contribution in [3.63, 3.8) is 0 Å². The molecule has 0 saturated heterocycles. The summed E-state index contributed by atoms with van der Waals surface area (Å²) in [5, 5.41) is 4.50. The molecule has 2 rings (SSSR count). The number of amides is 1. The van der Waals surface area contributed by atoms with E-state index in [0.717, 1.165) is 19.5 Å². The average Bonchev–Trinajstić information content (AvgIpc) is 2.69. The van der Waals surface area contributed by atoms with E-state index in [0.29, 0.717) is 12.3 Å². The van der Waals surface area contributed by atoms with Crippen LogP contribution in [0.3, 0.4) is 0 Å². The monoisotopic (exact) mass is 263 g/mol. The van der Waals surface area contributed by atoms with Gasteiger partial charge in [-0.2, -0.15) is 5.10 Å². The van der Waals surface area contributed by atoms with E-state index in [1.54, 1.807) is 0 Å². The van der Waals surface area contributed by atoms with Crippen LogP contribution < -0.4 is 0 Å². The average molecular weight is 263 g/mol. The Bertz CT molecular complexity index is 468. The maximum absolute atomic E-state index is 12.1. The molecule has 0 spiro atoms. The van der Waals surface area contributed by atoms with Crippen LogP contribution in [0.25, 0.3) is 0 Å². The van der Waals surface area contributed by atoms with E-state index in [1.165, 1.54) is 11.3 Å². The zero-order valence-corrected chi connectivity index (χ0v) is 12.7. The SMILES string of the molecule is CC(C)CC(=O)N1CCc2c(cnn2C(C)(C)C)C1. The summed E-state index contributed by atoms with van der Waals surface area (Å²) in [6.45, 7) is 12.2. The van der Waals surface area contributed by atoms with Gasteiger partial charge in [0, 0.05) is 37.2 Å². The van der Waals surface area contributed by atoms with Crippen LogP contribution in [0.15, 0.2) is 6.20 Å². The van der Waals surface area contributed by atoms with Crippen LogP contribution >= 0.6 is 0 Å². The Morgan fingerprint density at radius 2 is 2.11 bits per heavy atom. The Morgan fingerprint density at radius 1 is 1.42 bits per heavy atom. The molecule has 0 unspecified atom stereocenters. The molecule has 106 valence electrons. The Balaban J connectivity index is 2.14. The number of nitrogens with zero attached hydrogens (tertiary/aromatic N) is 3. The normalized spacial score (nSPS) is 15.8. The number of aromatic nitrogens is 2. The standard InChI is InChI=1S/C15H25N3O/c1-11(2)8-14(19)17-7-6-13-12(10-17)9-16-18(13)15(3,4)5/h9,11H,6-8,10H2,1-5H3. The fourth-order valence-electron chi connectivity index (χ4n) is 2.60. The fourth-order valence-corrected chi connectivity index (χ4v) is 2.60. The van der Waals surface area contributed by atoms with Gasteiger partial charge >= 0.3 is 0 Å². The first-order valence-electron chi connectivity index (χ1n) is 7.13. The third-order valence-electron chi connectivity index (χ3n) is 3.51. The van der Waals surface area contributed by atoms with E-state index in [4.69, 9.17) is 0 Å².